The lowest BCUT2D eigenvalue weighted by Gasteiger charge is -2.41. The van der Waals surface area contributed by atoms with Crippen LogP contribution in [0.1, 0.15) is 30.4 Å². The zero-order valence-corrected chi connectivity index (χ0v) is 25.4. The molecule has 0 radical (unpaired) electrons. The summed E-state index contributed by atoms with van der Waals surface area (Å²) in [5.41, 5.74) is 1.67. The largest absolute Gasteiger partial charge is 0.493 e. The molecule has 3 atom stereocenters. The maximum absolute atomic E-state index is 13.6. The predicted molar refractivity (Wildman–Crippen MR) is 158 cm³/mol. The van der Waals surface area contributed by atoms with E-state index in [2.05, 4.69) is 27.9 Å². The second-order valence-electron chi connectivity index (χ2n) is 9.77. The molecule has 216 valence electrons. The summed E-state index contributed by atoms with van der Waals surface area (Å²) in [6.45, 7) is -0.223. The Balaban J connectivity index is 1.72. The Morgan fingerprint density at radius 3 is 2.50 bits per heavy atom. The van der Waals surface area contributed by atoms with E-state index < -0.39 is 24.2 Å². The van der Waals surface area contributed by atoms with Crippen LogP contribution in [0, 0.1) is 9.49 Å². The Bertz CT molecular complexity index is 1290. The van der Waals surface area contributed by atoms with E-state index in [-0.39, 0.29) is 44.5 Å². The second kappa shape index (κ2) is 13.7. The standard InChI is InChI=1S/C28H31Cl2IN2O7/c1-39-24-10-16(14-35)9-21(31)26(24)40-23-12-18(27(37)32-6-7-34)11-22(25(23)36)33(28(38)17-3-4-17)13-15-2-5-19(29)20(30)8-15/h2,5,8-10,12,17,22-23,25,34-36H,3-4,6-7,11,13-14H2,1H3,(H,32,37). The third-order valence-corrected chi connectivity index (χ3v) is 8.43. The van der Waals surface area contributed by atoms with E-state index in [1.165, 1.54) is 7.11 Å². The summed E-state index contributed by atoms with van der Waals surface area (Å²) in [7, 11) is 1.47. The minimum Gasteiger partial charge on any atom is -0.493 e. The van der Waals surface area contributed by atoms with Crippen LogP contribution in [0.15, 0.2) is 42.0 Å². The van der Waals surface area contributed by atoms with Crippen molar-refractivity contribution in [3.05, 3.63) is 66.7 Å². The van der Waals surface area contributed by atoms with Gasteiger partial charge in [0.2, 0.25) is 11.8 Å². The maximum Gasteiger partial charge on any atom is 0.247 e. The topological polar surface area (TPSA) is 129 Å². The maximum atomic E-state index is 13.6. The van der Waals surface area contributed by atoms with Crippen molar-refractivity contribution in [2.75, 3.05) is 20.3 Å². The number of aliphatic hydroxyl groups is 3. The number of methoxy groups -OCH3 is 1. The van der Waals surface area contributed by atoms with Gasteiger partial charge in [-0.3, -0.25) is 9.59 Å². The van der Waals surface area contributed by atoms with Crippen molar-refractivity contribution in [2.24, 2.45) is 5.92 Å². The molecule has 0 saturated heterocycles. The molecular weight excluding hydrogens is 674 g/mol. The average Bonchev–Trinajstić information content (AvgIpc) is 3.79. The Morgan fingerprint density at radius 1 is 1.12 bits per heavy atom. The first kappa shape index (κ1) is 30.9. The molecule has 2 aromatic rings. The van der Waals surface area contributed by atoms with E-state index in [1.54, 1.807) is 41.3 Å². The Morgan fingerprint density at radius 2 is 1.88 bits per heavy atom. The van der Waals surface area contributed by atoms with Gasteiger partial charge in [0, 0.05) is 31.0 Å². The Labute approximate surface area is 256 Å². The number of ether oxygens (including phenoxy) is 2. The molecule has 0 bridgehead atoms. The number of carbonyl (C=O) groups excluding carboxylic acids is 2. The lowest BCUT2D eigenvalue weighted by atomic mass is 9.87. The van der Waals surface area contributed by atoms with Crippen molar-refractivity contribution in [3.63, 3.8) is 0 Å². The number of benzene rings is 2. The van der Waals surface area contributed by atoms with Crippen LogP contribution in [-0.4, -0.2) is 70.5 Å². The molecule has 0 aromatic heterocycles. The molecule has 1 saturated carbocycles. The molecule has 4 rings (SSSR count). The molecule has 1 fully saturated rings. The third kappa shape index (κ3) is 7.21. The Kier molecular flexibility index (Phi) is 10.6. The lowest BCUT2D eigenvalue weighted by molar-refractivity contribution is -0.140. The van der Waals surface area contributed by atoms with Gasteiger partial charge in [0.05, 0.1) is 40.0 Å². The van der Waals surface area contributed by atoms with Crippen LogP contribution in [0.25, 0.3) is 0 Å². The molecule has 9 nitrogen and oxygen atoms in total. The first-order valence-electron chi connectivity index (χ1n) is 12.8. The van der Waals surface area contributed by atoms with E-state index in [1.807, 2.05) is 0 Å². The highest BCUT2D eigenvalue weighted by atomic mass is 127. The van der Waals surface area contributed by atoms with Gasteiger partial charge in [-0.05, 0) is 76.9 Å². The van der Waals surface area contributed by atoms with E-state index in [0.717, 1.165) is 18.4 Å². The van der Waals surface area contributed by atoms with E-state index in [0.29, 0.717) is 36.3 Å². The molecule has 2 aromatic carbocycles. The molecular formula is C28H31Cl2IN2O7. The van der Waals surface area contributed by atoms with Crippen LogP contribution in [-0.2, 0) is 22.7 Å². The highest BCUT2D eigenvalue weighted by molar-refractivity contribution is 14.1. The lowest BCUT2D eigenvalue weighted by Crippen LogP contribution is -2.55. The summed E-state index contributed by atoms with van der Waals surface area (Å²) in [4.78, 5) is 28.2. The van der Waals surface area contributed by atoms with Crippen LogP contribution in [0.4, 0.5) is 0 Å². The minimum absolute atomic E-state index is 0.0528. The predicted octanol–water partition coefficient (Wildman–Crippen LogP) is 3.45. The number of rotatable bonds is 11. The van der Waals surface area contributed by atoms with Crippen LogP contribution in [0.3, 0.4) is 0 Å². The van der Waals surface area contributed by atoms with Crippen molar-refractivity contribution in [3.8, 4) is 11.5 Å². The van der Waals surface area contributed by atoms with Crippen LogP contribution in [0.2, 0.25) is 10.0 Å². The summed E-state index contributed by atoms with van der Waals surface area (Å²) < 4.78 is 12.4. The SMILES string of the molecule is COc1cc(CO)cc(I)c1OC1C=C(C(=O)NCCO)CC(N(Cc2ccc(Cl)c(Cl)c2)C(=O)C2CC2)C1O. The number of aliphatic hydroxyl groups excluding tert-OH is 3. The van der Waals surface area contributed by atoms with Gasteiger partial charge >= 0.3 is 0 Å². The summed E-state index contributed by atoms with van der Waals surface area (Å²) in [5.74, 6) is -0.0119. The van der Waals surface area contributed by atoms with Gasteiger partial charge in [0.25, 0.3) is 0 Å². The van der Waals surface area contributed by atoms with Crippen molar-refractivity contribution in [2.45, 2.75) is 50.7 Å². The minimum atomic E-state index is -1.20. The average molecular weight is 705 g/mol. The second-order valence-corrected chi connectivity index (χ2v) is 11.7. The van der Waals surface area contributed by atoms with Crippen LogP contribution < -0.4 is 14.8 Å². The summed E-state index contributed by atoms with van der Waals surface area (Å²) in [5, 5.41) is 33.8. The van der Waals surface area contributed by atoms with E-state index in [9.17, 15) is 24.9 Å². The number of nitrogens with zero attached hydrogens (tertiary/aromatic N) is 1. The van der Waals surface area contributed by atoms with Gasteiger partial charge in [0.1, 0.15) is 12.2 Å². The molecule has 4 N–H and O–H groups in total. The van der Waals surface area contributed by atoms with Gasteiger partial charge in [-0.2, -0.15) is 0 Å². The van der Waals surface area contributed by atoms with Crippen molar-refractivity contribution >= 4 is 57.6 Å². The first-order chi connectivity index (χ1) is 19.2. The molecule has 0 spiro atoms. The van der Waals surface area contributed by atoms with Gasteiger partial charge in [-0.25, -0.2) is 0 Å². The monoisotopic (exact) mass is 704 g/mol. The van der Waals surface area contributed by atoms with Crippen molar-refractivity contribution in [1.82, 2.24) is 10.2 Å². The molecule has 0 heterocycles. The summed E-state index contributed by atoms with van der Waals surface area (Å²) in [6, 6.07) is 7.67. The summed E-state index contributed by atoms with van der Waals surface area (Å²) in [6.07, 6.45) is 0.924. The van der Waals surface area contributed by atoms with E-state index in [4.69, 9.17) is 32.7 Å². The normalized spacial score (nSPS) is 20.5. The van der Waals surface area contributed by atoms with Crippen LogP contribution in [0.5, 0.6) is 11.5 Å². The fourth-order valence-electron chi connectivity index (χ4n) is 4.65. The molecule has 2 aliphatic rings. The van der Waals surface area contributed by atoms with Crippen LogP contribution >= 0.6 is 45.8 Å². The van der Waals surface area contributed by atoms with Gasteiger partial charge < -0.3 is 35.0 Å². The van der Waals surface area contributed by atoms with Gasteiger partial charge in [0.15, 0.2) is 11.5 Å². The summed E-state index contributed by atoms with van der Waals surface area (Å²) >= 11 is 14.4. The van der Waals surface area contributed by atoms with Crippen molar-refractivity contribution in [1.29, 1.82) is 0 Å². The number of amides is 2. The van der Waals surface area contributed by atoms with Crippen molar-refractivity contribution < 1.29 is 34.4 Å². The Hall–Kier alpha value is -2.09. The molecule has 2 aliphatic carbocycles. The number of nitrogens with one attached hydrogen (secondary N) is 1. The number of halogens is 3. The smallest absolute Gasteiger partial charge is 0.247 e. The zero-order valence-electron chi connectivity index (χ0n) is 21.8. The molecule has 40 heavy (non-hydrogen) atoms. The molecule has 2 amide bonds. The highest BCUT2D eigenvalue weighted by Crippen LogP contribution is 2.39. The number of hydrogen-bond donors (Lipinski definition) is 4. The quantitative estimate of drug-likeness (QED) is 0.264. The molecule has 12 heteroatoms. The zero-order chi connectivity index (χ0) is 29.0. The highest BCUT2D eigenvalue weighted by Gasteiger charge is 2.44. The fourth-order valence-corrected chi connectivity index (χ4v) is 5.77. The molecule has 0 aliphatic heterocycles. The first-order valence-corrected chi connectivity index (χ1v) is 14.7. The number of hydrogen-bond acceptors (Lipinski definition) is 7. The fraction of sp³-hybridized carbons (Fsp3) is 0.429. The third-order valence-electron chi connectivity index (χ3n) is 6.89. The number of carbonyl (C=O) groups is 2. The van der Waals surface area contributed by atoms with E-state index >= 15 is 0 Å². The van der Waals surface area contributed by atoms with Gasteiger partial charge in [-0.1, -0.05) is 29.3 Å². The molecule has 3 unspecified atom stereocenters. The van der Waals surface area contributed by atoms with Gasteiger partial charge in [-0.15, -0.1) is 0 Å².